The molecule has 1 fully saturated rings. The number of hydrogen-bond acceptors (Lipinski definition) is 6. The summed E-state index contributed by atoms with van der Waals surface area (Å²) in [6.07, 6.45) is 4.38. The van der Waals surface area contributed by atoms with Gasteiger partial charge in [0.1, 0.15) is 17.3 Å². The Morgan fingerprint density at radius 2 is 1.97 bits per heavy atom. The van der Waals surface area contributed by atoms with E-state index in [-0.39, 0.29) is 34.8 Å². The number of nitrogen functional groups attached to an aromatic ring is 1. The number of ketones is 1. The van der Waals surface area contributed by atoms with Gasteiger partial charge in [-0.2, -0.15) is 0 Å². The van der Waals surface area contributed by atoms with Crippen molar-refractivity contribution in [2.45, 2.75) is 25.4 Å². The summed E-state index contributed by atoms with van der Waals surface area (Å²) in [5, 5.41) is 10.00. The summed E-state index contributed by atoms with van der Waals surface area (Å²) in [4.78, 5) is 23.4. The zero-order chi connectivity index (χ0) is 22.0. The van der Waals surface area contributed by atoms with Gasteiger partial charge in [0.15, 0.2) is 5.78 Å². The second kappa shape index (κ2) is 8.77. The molecule has 0 aliphatic carbocycles. The van der Waals surface area contributed by atoms with Crippen LogP contribution in [0.4, 0.5) is 20.2 Å². The molecule has 6 nitrogen and oxygen atoms in total. The third-order valence-electron chi connectivity index (χ3n) is 5.38. The van der Waals surface area contributed by atoms with E-state index in [2.05, 4.69) is 9.97 Å². The van der Waals surface area contributed by atoms with Gasteiger partial charge in [-0.3, -0.25) is 9.78 Å². The number of benzene rings is 1. The minimum Gasteiger partial charge on any atom is -0.397 e. The lowest BCUT2D eigenvalue weighted by Gasteiger charge is -2.33. The highest BCUT2D eigenvalue weighted by Crippen LogP contribution is 2.28. The average molecular weight is 424 g/mol. The number of Topliss-reactive ketones (excluding diaryl/α,β-unsaturated/α-hetero) is 1. The van der Waals surface area contributed by atoms with E-state index in [0.717, 1.165) is 37.2 Å². The smallest absolute Gasteiger partial charge is 0.187 e. The van der Waals surface area contributed by atoms with E-state index in [1.54, 1.807) is 12.4 Å². The molecule has 3 heterocycles. The van der Waals surface area contributed by atoms with Gasteiger partial charge in [0.2, 0.25) is 0 Å². The van der Waals surface area contributed by atoms with Crippen LogP contribution in [0, 0.1) is 11.6 Å². The number of anilines is 2. The normalized spacial score (nSPS) is 16.4. The number of halogens is 2. The molecule has 0 saturated carbocycles. The van der Waals surface area contributed by atoms with Crippen LogP contribution in [0.1, 0.15) is 28.9 Å². The summed E-state index contributed by atoms with van der Waals surface area (Å²) in [6, 6.07) is 8.15. The molecule has 160 valence electrons. The van der Waals surface area contributed by atoms with Crippen molar-refractivity contribution >= 4 is 17.2 Å². The van der Waals surface area contributed by atoms with Crippen LogP contribution in [0.25, 0.3) is 11.3 Å². The van der Waals surface area contributed by atoms with Crippen LogP contribution in [0.15, 0.2) is 48.8 Å². The zero-order valence-corrected chi connectivity index (χ0v) is 16.8. The fraction of sp³-hybridized carbons (Fsp3) is 0.261. The van der Waals surface area contributed by atoms with Gasteiger partial charge in [-0.1, -0.05) is 6.07 Å². The first-order chi connectivity index (χ1) is 14.9. The fourth-order valence-electron chi connectivity index (χ4n) is 3.87. The van der Waals surface area contributed by atoms with Gasteiger partial charge in [0.25, 0.3) is 0 Å². The summed E-state index contributed by atoms with van der Waals surface area (Å²) in [5.74, 6) is -1.93. The summed E-state index contributed by atoms with van der Waals surface area (Å²) in [5.41, 5.74) is 7.23. The first kappa shape index (κ1) is 20.9. The molecule has 3 N–H and O–H groups in total. The average Bonchev–Trinajstić information content (AvgIpc) is 2.75. The Bertz CT molecular complexity index is 1100. The van der Waals surface area contributed by atoms with Gasteiger partial charge >= 0.3 is 0 Å². The van der Waals surface area contributed by atoms with Gasteiger partial charge in [-0.25, -0.2) is 13.8 Å². The Morgan fingerprint density at radius 3 is 2.71 bits per heavy atom. The van der Waals surface area contributed by atoms with Gasteiger partial charge in [0.05, 0.1) is 23.0 Å². The number of piperidine rings is 1. The van der Waals surface area contributed by atoms with Crippen molar-refractivity contribution in [1.82, 2.24) is 9.97 Å². The number of nitrogens with two attached hydrogens (primary N) is 1. The molecule has 4 rings (SSSR count). The molecule has 0 spiro atoms. The Balaban J connectivity index is 1.65. The van der Waals surface area contributed by atoms with Crippen LogP contribution in [0.2, 0.25) is 0 Å². The predicted octanol–water partition coefficient (Wildman–Crippen LogP) is 3.39. The molecule has 0 bridgehead atoms. The maximum absolute atomic E-state index is 14.2. The number of β-amino-alcohol motifs (C(OH)–C–C–N with tert-alkyl or cyclic N) is 1. The van der Waals surface area contributed by atoms with Gasteiger partial charge in [-0.05, 0) is 43.2 Å². The number of nitrogens with zero attached hydrogens (tertiary/aromatic N) is 3. The topological polar surface area (TPSA) is 92.3 Å². The van der Waals surface area contributed by atoms with E-state index in [1.807, 2.05) is 11.0 Å². The number of aliphatic hydroxyl groups is 1. The summed E-state index contributed by atoms with van der Waals surface area (Å²) < 4.78 is 28.4. The van der Waals surface area contributed by atoms with E-state index in [1.165, 1.54) is 18.2 Å². The van der Waals surface area contributed by atoms with Crippen LogP contribution in [0.3, 0.4) is 0 Å². The van der Waals surface area contributed by atoms with Crippen molar-refractivity contribution in [3.8, 4) is 11.3 Å². The van der Waals surface area contributed by atoms with E-state index < -0.39 is 17.7 Å². The third kappa shape index (κ3) is 4.39. The SMILES string of the molecule is Nc1ccc(-c2c(F)cccc2F)nc1C(=O)Cc1cnccc1N1CCCC(O)C1. The highest BCUT2D eigenvalue weighted by atomic mass is 19.1. The molecule has 8 heteroatoms. The van der Waals surface area contributed by atoms with Gasteiger partial charge < -0.3 is 15.7 Å². The van der Waals surface area contributed by atoms with E-state index in [0.29, 0.717) is 12.1 Å². The largest absolute Gasteiger partial charge is 0.397 e. The molecule has 1 aliphatic heterocycles. The minimum atomic E-state index is -0.770. The first-order valence-electron chi connectivity index (χ1n) is 10.0. The molecule has 1 saturated heterocycles. The molecular formula is C23H22F2N4O2. The highest BCUT2D eigenvalue weighted by Gasteiger charge is 2.23. The lowest BCUT2D eigenvalue weighted by molar-refractivity contribution is 0.0989. The lowest BCUT2D eigenvalue weighted by atomic mass is 10.0. The van der Waals surface area contributed by atoms with Crippen molar-refractivity contribution in [2.24, 2.45) is 0 Å². The monoisotopic (exact) mass is 424 g/mol. The number of carbonyl (C=O) groups excluding carboxylic acids is 1. The van der Waals surface area contributed by atoms with Crippen LogP contribution in [-0.4, -0.2) is 40.1 Å². The van der Waals surface area contributed by atoms with Crippen molar-refractivity contribution in [3.63, 3.8) is 0 Å². The molecule has 1 atom stereocenters. The standard InChI is InChI=1S/C23H22F2N4O2/c24-16-4-1-5-17(25)22(16)19-7-6-18(26)23(28-19)21(31)11-14-12-27-9-8-20(14)29-10-2-3-15(30)13-29/h1,4-9,12,15,30H,2-3,10-11,13,26H2. The molecule has 0 amide bonds. The van der Waals surface area contributed by atoms with Crippen LogP contribution >= 0.6 is 0 Å². The van der Waals surface area contributed by atoms with E-state index in [9.17, 15) is 18.7 Å². The lowest BCUT2D eigenvalue weighted by Crippen LogP contribution is -2.38. The second-order valence-corrected chi connectivity index (χ2v) is 7.58. The van der Waals surface area contributed by atoms with Crippen molar-refractivity contribution in [3.05, 3.63) is 71.7 Å². The minimum absolute atomic E-state index is 0.00119. The molecule has 0 radical (unpaired) electrons. The third-order valence-corrected chi connectivity index (χ3v) is 5.38. The number of pyridine rings is 2. The summed E-state index contributed by atoms with van der Waals surface area (Å²) in [7, 11) is 0. The van der Waals surface area contributed by atoms with Crippen LogP contribution in [0.5, 0.6) is 0 Å². The molecule has 1 unspecified atom stereocenters. The predicted molar refractivity (Wildman–Crippen MR) is 114 cm³/mol. The number of hydrogen-bond donors (Lipinski definition) is 2. The number of carbonyl (C=O) groups is 1. The molecule has 31 heavy (non-hydrogen) atoms. The second-order valence-electron chi connectivity index (χ2n) is 7.58. The molecule has 1 aromatic carbocycles. The summed E-state index contributed by atoms with van der Waals surface area (Å²) in [6.45, 7) is 1.25. The Morgan fingerprint density at radius 1 is 1.19 bits per heavy atom. The van der Waals surface area contributed by atoms with Crippen LogP contribution in [-0.2, 0) is 6.42 Å². The van der Waals surface area contributed by atoms with Gasteiger partial charge in [-0.15, -0.1) is 0 Å². The molecule has 2 aromatic heterocycles. The maximum atomic E-state index is 14.2. The van der Waals surface area contributed by atoms with Crippen molar-refractivity contribution in [2.75, 3.05) is 23.7 Å². The van der Waals surface area contributed by atoms with E-state index in [4.69, 9.17) is 5.73 Å². The molecular weight excluding hydrogens is 402 g/mol. The number of rotatable bonds is 5. The number of aromatic nitrogens is 2. The van der Waals surface area contributed by atoms with Gasteiger partial charge in [0, 0.05) is 43.2 Å². The quantitative estimate of drug-likeness (QED) is 0.610. The number of aliphatic hydroxyl groups excluding tert-OH is 1. The van der Waals surface area contributed by atoms with Crippen molar-refractivity contribution in [1.29, 1.82) is 0 Å². The summed E-state index contributed by atoms with van der Waals surface area (Å²) >= 11 is 0. The first-order valence-corrected chi connectivity index (χ1v) is 10.0. The van der Waals surface area contributed by atoms with Crippen molar-refractivity contribution < 1.29 is 18.7 Å². The van der Waals surface area contributed by atoms with E-state index >= 15 is 0 Å². The Hall–Kier alpha value is -3.39. The van der Waals surface area contributed by atoms with Crippen LogP contribution < -0.4 is 10.6 Å². The highest BCUT2D eigenvalue weighted by molar-refractivity contribution is 6.01. The fourth-order valence-corrected chi connectivity index (χ4v) is 3.87. The maximum Gasteiger partial charge on any atom is 0.187 e. The molecule has 3 aromatic rings. The Labute approximate surface area is 178 Å². The zero-order valence-electron chi connectivity index (χ0n) is 16.8. The molecule has 1 aliphatic rings. The Kier molecular flexibility index (Phi) is 5.90.